The molecule has 0 amide bonds. The summed E-state index contributed by atoms with van der Waals surface area (Å²) in [5.74, 6) is 0.174. The van der Waals surface area contributed by atoms with E-state index in [-0.39, 0.29) is 11.4 Å². The molecule has 0 bridgehead atoms. The van der Waals surface area contributed by atoms with E-state index in [4.69, 9.17) is 4.74 Å². The molecule has 28 heavy (non-hydrogen) atoms. The van der Waals surface area contributed by atoms with Gasteiger partial charge in [-0.15, -0.1) is 11.3 Å². The van der Waals surface area contributed by atoms with E-state index in [1.165, 1.54) is 36.1 Å². The Balaban J connectivity index is 1.94. The third-order valence-corrected chi connectivity index (χ3v) is 5.10. The normalized spacial score (nSPS) is 11.1. The monoisotopic (exact) mass is 391 g/mol. The number of benzene rings is 2. The average Bonchev–Trinajstić information content (AvgIpc) is 3.21. The van der Waals surface area contributed by atoms with Gasteiger partial charge in [0.15, 0.2) is 5.75 Å². The van der Waals surface area contributed by atoms with Crippen LogP contribution in [0.2, 0.25) is 0 Å². The van der Waals surface area contributed by atoms with Gasteiger partial charge in [0.2, 0.25) is 0 Å². The van der Waals surface area contributed by atoms with Gasteiger partial charge in [-0.1, -0.05) is 37.3 Å². The van der Waals surface area contributed by atoms with Crippen molar-refractivity contribution in [1.82, 2.24) is 4.98 Å². The smallest absolute Gasteiger partial charge is 0.311 e. The van der Waals surface area contributed by atoms with Gasteiger partial charge >= 0.3 is 5.69 Å². The Morgan fingerprint density at radius 1 is 1.32 bits per heavy atom. The largest absolute Gasteiger partial charge is 0.490 e. The van der Waals surface area contributed by atoms with Crippen molar-refractivity contribution in [2.75, 3.05) is 7.11 Å². The Hall–Kier alpha value is -3.50. The first-order valence-electron chi connectivity index (χ1n) is 8.55. The van der Waals surface area contributed by atoms with E-state index in [1.807, 2.05) is 17.5 Å². The molecule has 0 atom stereocenters. The van der Waals surface area contributed by atoms with Crippen molar-refractivity contribution in [3.63, 3.8) is 0 Å². The van der Waals surface area contributed by atoms with Gasteiger partial charge in [0.1, 0.15) is 11.1 Å². The molecule has 1 aromatic heterocycles. The Kier molecular flexibility index (Phi) is 5.82. The Bertz CT molecular complexity index is 1080. The summed E-state index contributed by atoms with van der Waals surface area (Å²) >= 11 is 1.36. The maximum absolute atomic E-state index is 11.2. The lowest BCUT2D eigenvalue weighted by Crippen LogP contribution is -1.94. The molecular weight excluding hydrogens is 374 g/mol. The first-order valence-corrected chi connectivity index (χ1v) is 9.43. The summed E-state index contributed by atoms with van der Waals surface area (Å²) in [7, 11) is 1.38. The highest BCUT2D eigenvalue weighted by molar-refractivity contribution is 7.11. The maximum Gasteiger partial charge on any atom is 0.311 e. The first-order chi connectivity index (χ1) is 13.5. The van der Waals surface area contributed by atoms with Gasteiger partial charge in [-0.05, 0) is 29.7 Å². The lowest BCUT2D eigenvalue weighted by atomic mass is 10.1. The minimum atomic E-state index is -0.510. The summed E-state index contributed by atoms with van der Waals surface area (Å²) in [6.45, 7) is 2.10. The Morgan fingerprint density at radius 2 is 2.07 bits per heavy atom. The molecule has 0 N–H and O–H groups in total. The maximum atomic E-state index is 11.2. The van der Waals surface area contributed by atoms with E-state index >= 15 is 0 Å². The van der Waals surface area contributed by atoms with Gasteiger partial charge in [0, 0.05) is 17.0 Å². The van der Waals surface area contributed by atoms with Crippen LogP contribution in [0.5, 0.6) is 5.75 Å². The predicted molar refractivity (Wildman–Crippen MR) is 110 cm³/mol. The van der Waals surface area contributed by atoms with E-state index in [2.05, 4.69) is 30.1 Å². The number of nitrogens with zero attached hydrogens (tertiary/aromatic N) is 3. The van der Waals surface area contributed by atoms with Crippen molar-refractivity contribution < 1.29 is 9.66 Å². The van der Waals surface area contributed by atoms with Crippen LogP contribution in [0, 0.1) is 21.4 Å². The molecule has 0 saturated carbocycles. The zero-order valence-corrected chi connectivity index (χ0v) is 16.2. The van der Waals surface area contributed by atoms with Gasteiger partial charge in [-0.3, -0.25) is 10.1 Å². The average molecular weight is 391 g/mol. The first kappa shape index (κ1) is 19.3. The van der Waals surface area contributed by atoms with Crippen LogP contribution in [-0.4, -0.2) is 17.0 Å². The van der Waals surface area contributed by atoms with Crippen molar-refractivity contribution in [2.45, 2.75) is 13.3 Å². The summed E-state index contributed by atoms with van der Waals surface area (Å²) in [6.07, 6.45) is 2.56. The van der Waals surface area contributed by atoms with Crippen molar-refractivity contribution in [3.8, 4) is 23.1 Å². The van der Waals surface area contributed by atoms with Crippen LogP contribution < -0.4 is 4.74 Å². The number of nitro benzene ring substituents is 1. The van der Waals surface area contributed by atoms with Gasteiger partial charge < -0.3 is 4.74 Å². The topological polar surface area (TPSA) is 89.0 Å². The second-order valence-corrected chi connectivity index (χ2v) is 6.80. The molecule has 140 valence electrons. The Labute approximate surface area is 166 Å². The molecule has 6 nitrogen and oxygen atoms in total. The summed E-state index contributed by atoms with van der Waals surface area (Å²) in [5.41, 5.74) is 3.76. The summed E-state index contributed by atoms with van der Waals surface area (Å²) < 4.78 is 5.01. The molecule has 0 aliphatic carbocycles. The van der Waals surface area contributed by atoms with Crippen LogP contribution in [0.15, 0.2) is 47.8 Å². The number of allylic oxidation sites excluding steroid dienone is 1. The van der Waals surface area contributed by atoms with Gasteiger partial charge in [0.25, 0.3) is 0 Å². The molecule has 0 fully saturated rings. The molecule has 0 aliphatic heterocycles. The van der Waals surface area contributed by atoms with Gasteiger partial charge in [0.05, 0.1) is 23.3 Å². The highest BCUT2D eigenvalue weighted by Gasteiger charge is 2.15. The minimum absolute atomic E-state index is 0.149. The SMILES string of the molecule is CCc1ccc(-c2csc(/C(C#N)=C\c3ccc(OC)c([N+](=O)[O-])c3)n2)cc1. The number of hydrogen-bond acceptors (Lipinski definition) is 6. The summed E-state index contributed by atoms with van der Waals surface area (Å²) in [4.78, 5) is 15.2. The number of nitriles is 1. The van der Waals surface area contributed by atoms with Gasteiger partial charge in [-0.2, -0.15) is 5.26 Å². The Morgan fingerprint density at radius 3 is 2.68 bits per heavy atom. The highest BCUT2D eigenvalue weighted by Crippen LogP contribution is 2.31. The van der Waals surface area contributed by atoms with E-state index < -0.39 is 4.92 Å². The number of aromatic nitrogens is 1. The molecule has 7 heteroatoms. The van der Waals surface area contributed by atoms with E-state index in [0.717, 1.165) is 17.7 Å². The lowest BCUT2D eigenvalue weighted by Gasteiger charge is -2.02. The number of thiazole rings is 1. The third kappa shape index (κ3) is 4.08. The second kappa shape index (κ2) is 8.46. The lowest BCUT2D eigenvalue weighted by molar-refractivity contribution is -0.385. The summed E-state index contributed by atoms with van der Waals surface area (Å²) in [5, 5.41) is 23.2. The van der Waals surface area contributed by atoms with Crippen molar-refractivity contribution in [3.05, 3.63) is 74.1 Å². The zero-order chi connectivity index (χ0) is 20.1. The fourth-order valence-electron chi connectivity index (χ4n) is 2.69. The van der Waals surface area contributed by atoms with Crippen LogP contribution in [0.1, 0.15) is 23.1 Å². The van der Waals surface area contributed by atoms with Crippen LogP contribution >= 0.6 is 11.3 Å². The highest BCUT2D eigenvalue weighted by atomic mass is 32.1. The predicted octanol–water partition coefficient (Wildman–Crippen LogP) is 5.35. The van der Waals surface area contributed by atoms with Crippen molar-refractivity contribution in [1.29, 1.82) is 5.26 Å². The number of ether oxygens (including phenoxy) is 1. The number of hydrogen-bond donors (Lipinski definition) is 0. The molecule has 1 heterocycles. The van der Waals surface area contributed by atoms with Crippen LogP contribution in [0.25, 0.3) is 22.9 Å². The van der Waals surface area contributed by atoms with E-state index in [9.17, 15) is 15.4 Å². The molecule has 3 aromatic rings. The fraction of sp³-hybridized carbons (Fsp3) is 0.143. The number of nitro groups is 1. The second-order valence-electron chi connectivity index (χ2n) is 5.95. The molecule has 0 aliphatic rings. The van der Waals surface area contributed by atoms with Gasteiger partial charge in [-0.25, -0.2) is 4.98 Å². The molecule has 0 spiro atoms. The van der Waals surface area contributed by atoms with Crippen molar-refractivity contribution in [2.24, 2.45) is 0 Å². The third-order valence-electron chi connectivity index (χ3n) is 4.22. The van der Waals surface area contributed by atoms with Crippen molar-refractivity contribution >= 4 is 28.7 Å². The van der Waals surface area contributed by atoms with Crippen LogP contribution in [0.3, 0.4) is 0 Å². The molecular formula is C21H17N3O3S. The molecule has 0 saturated heterocycles. The number of methoxy groups -OCH3 is 1. The van der Waals surface area contributed by atoms with Crippen LogP contribution in [-0.2, 0) is 6.42 Å². The minimum Gasteiger partial charge on any atom is -0.490 e. The van der Waals surface area contributed by atoms with E-state index in [0.29, 0.717) is 16.1 Å². The standard InChI is InChI=1S/C21H17N3O3S/c1-3-14-4-7-16(8-5-14)18-13-28-21(23-18)17(12-22)10-15-6-9-20(27-2)19(11-15)24(25)26/h4-11,13H,3H2,1-2H3/b17-10-. The van der Waals surface area contributed by atoms with Crippen LogP contribution in [0.4, 0.5) is 5.69 Å². The fourth-order valence-corrected chi connectivity index (χ4v) is 3.48. The number of aryl methyl sites for hydroxylation is 1. The molecule has 3 rings (SSSR count). The summed E-state index contributed by atoms with van der Waals surface area (Å²) in [6, 6.07) is 14.9. The molecule has 0 radical (unpaired) electrons. The quantitative estimate of drug-likeness (QED) is 0.321. The number of rotatable bonds is 6. The molecule has 2 aromatic carbocycles. The molecule has 0 unspecified atom stereocenters. The van der Waals surface area contributed by atoms with E-state index in [1.54, 1.807) is 12.1 Å². The zero-order valence-electron chi connectivity index (χ0n) is 15.4.